The van der Waals surface area contributed by atoms with Gasteiger partial charge in [0.2, 0.25) is 0 Å². The number of hydrogen-bond acceptors (Lipinski definition) is 5. The second kappa shape index (κ2) is 7.15. The van der Waals surface area contributed by atoms with Gasteiger partial charge in [-0.2, -0.15) is 0 Å². The molecule has 0 radical (unpaired) electrons. The summed E-state index contributed by atoms with van der Waals surface area (Å²) in [4.78, 5) is 11.6. The molecular weight excluding hydrogens is 312 g/mol. The van der Waals surface area contributed by atoms with Crippen molar-refractivity contribution >= 4 is 0 Å². The molecule has 0 N–H and O–H groups in total. The van der Waals surface area contributed by atoms with E-state index in [1.807, 2.05) is 42.6 Å². The monoisotopic (exact) mass is 334 g/mol. The van der Waals surface area contributed by atoms with Crippen LogP contribution in [0.3, 0.4) is 0 Å². The summed E-state index contributed by atoms with van der Waals surface area (Å²) in [5, 5.41) is 4.24. The number of nitrogens with zero attached hydrogens (tertiary/aromatic N) is 4. The number of aryl methyl sites for hydroxylation is 1. The SMILES string of the molecule is CCCc1ncc2c(n1)CN(Cc1cc(-c3ccccc3)on1)CC2. The number of rotatable bonds is 5. The molecule has 0 aliphatic carbocycles. The molecule has 5 heteroatoms. The molecule has 1 aliphatic heterocycles. The van der Waals surface area contributed by atoms with Crippen LogP contribution in [-0.4, -0.2) is 26.6 Å². The van der Waals surface area contributed by atoms with E-state index in [9.17, 15) is 0 Å². The molecule has 5 nitrogen and oxygen atoms in total. The van der Waals surface area contributed by atoms with Crippen LogP contribution in [-0.2, 0) is 25.9 Å². The van der Waals surface area contributed by atoms with Gasteiger partial charge in [0, 0.05) is 43.9 Å². The Kier molecular flexibility index (Phi) is 4.57. The second-order valence-electron chi connectivity index (χ2n) is 6.52. The molecule has 4 rings (SSSR count). The summed E-state index contributed by atoms with van der Waals surface area (Å²) >= 11 is 0. The topological polar surface area (TPSA) is 55.1 Å². The van der Waals surface area contributed by atoms with Crippen molar-refractivity contribution in [2.24, 2.45) is 0 Å². The number of hydrogen-bond donors (Lipinski definition) is 0. The van der Waals surface area contributed by atoms with E-state index < -0.39 is 0 Å². The molecule has 3 heterocycles. The highest BCUT2D eigenvalue weighted by Gasteiger charge is 2.20. The van der Waals surface area contributed by atoms with E-state index >= 15 is 0 Å². The first-order valence-corrected chi connectivity index (χ1v) is 8.89. The van der Waals surface area contributed by atoms with Crippen LogP contribution < -0.4 is 0 Å². The van der Waals surface area contributed by atoms with Crippen molar-refractivity contribution in [1.29, 1.82) is 0 Å². The molecule has 0 saturated heterocycles. The Hall–Kier alpha value is -2.53. The summed E-state index contributed by atoms with van der Waals surface area (Å²) in [6.45, 7) is 4.78. The zero-order valence-electron chi connectivity index (χ0n) is 14.5. The Morgan fingerprint density at radius 2 is 2.08 bits per heavy atom. The van der Waals surface area contributed by atoms with E-state index in [1.165, 1.54) is 5.56 Å². The fourth-order valence-electron chi connectivity index (χ4n) is 3.23. The molecule has 0 amide bonds. The molecule has 0 atom stereocenters. The van der Waals surface area contributed by atoms with Crippen LogP contribution in [0, 0.1) is 0 Å². The van der Waals surface area contributed by atoms with Crippen LogP contribution in [0.1, 0.15) is 36.1 Å². The Balaban J connectivity index is 1.46. The zero-order chi connectivity index (χ0) is 17.1. The van der Waals surface area contributed by atoms with Crippen molar-refractivity contribution in [1.82, 2.24) is 20.0 Å². The highest BCUT2D eigenvalue weighted by atomic mass is 16.5. The highest BCUT2D eigenvalue weighted by molar-refractivity contribution is 5.56. The quantitative estimate of drug-likeness (QED) is 0.713. The van der Waals surface area contributed by atoms with Crippen LogP contribution in [0.4, 0.5) is 0 Å². The highest BCUT2D eigenvalue weighted by Crippen LogP contribution is 2.22. The molecule has 25 heavy (non-hydrogen) atoms. The lowest BCUT2D eigenvalue weighted by Gasteiger charge is -2.27. The Labute approximate surface area is 147 Å². The summed E-state index contributed by atoms with van der Waals surface area (Å²) in [5.41, 5.74) is 4.46. The molecule has 0 unspecified atom stereocenters. The third kappa shape index (κ3) is 3.61. The molecule has 0 fully saturated rings. The minimum atomic E-state index is 0.781. The fourth-order valence-corrected chi connectivity index (χ4v) is 3.23. The molecular formula is C20H22N4O. The molecule has 0 saturated carbocycles. The van der Waals surface area contributed by atoms with Crippen LogP contribution in [0.2, 0.25) is 0 Å². The smallest absolute Gasteiger partial charge is 0.167 e. The van der Waals surface area contributed by atoms with E-state index in [4.69, 9.17) is 9.51 Å². The maximum absolute atomic E-state index is 5.51. The van der Waals surface area contributed by atoms with E-state index in [0.717, 1.165) is 67.4 Å². The largest absolute Gasteiger partial charge is 0.356 e. The lowest BCUT2D eigenvalue weighted by atomic mass is 10.1. The van der Waals surface area contributed by atoms with Gasteiger partial charge in [-0.15, -0.1) is 0 Å². The molecule has 3 aromatic rings. The third-order valence-electron chi connectivity index (χ3n) is 4.55. The van der Waals surface area contributed by atoms with Crippen molar-refractivity contribution in [2.45, 2.75) is 39.3 Å². The van der Waals surface area contributed by atoms with Gasteiger partial charge < -0.3 is 4.52 Å². The van der Waals surface area contributed by atoms with Crippen molar-refractivity contribution in [2.75, 3.05) is 6.54 Å². The van der Waals surface area contributed by atoms with Crippen molar-refractivity contribution in [3.63, 3.8) is 0 Å². The van der Waals surface area contributed by atoms with Crippen LogP contribution in [0.15, 0.2) is 47.1 Å². The predicted octanol–water partition coefficient (Wildman–Crippen LogP) is 3.64. The van der Waals surface area contributed by atoms with Gasteiger partial charge in [-0.25, -0.2) is 9.97 Å². The van der Waals surface area contributed by atoms with E-state index in [0.29, 0.717) is 0 Å². The van der Waals surface area contributed by atoms with Crippen LogP contribution in [0.5, 0.6) is 0 Å². The molecule has 1 aromatic carbocycles. The normalized spacial score (nSPS) is 14.4. The second-order valence-corrected chi connectivity index (χ2v) is 6.52. The van der Waals surface area contributed by atoms with Gasteiger partial charge in [0.05, 0.1) is 11.4 Å². The van der Waals surface area contributed by atoms with Crippen molar-refractivity contribution < 1.29 is 4.52 Å². The fraction of sp³-hybridized carbons (Fsp3) is 0.350. The van der Waals surface area contributed by atoms with Gasteiger partial charge in [0.1, 0.15) is 5.82 Å². The molecule has 0 bridgehead atoms. The third-order valence-corrected chi connectivity index (χ3v) is 4.55. The van der Waals surface area contributed by atoms with Crippen LogP contribution in [0.25, 0.3) is 11.3 Å². The summed E-state index contributed by atoms with van der Waals surface area (Å²) in [7, 11) is 0. The summed E-state index contributed by atoms with van der Waals surface area (Å²) in [5.74, 6) is 1.77. The lowest BCUT2D eigenvalue weighted by molar-refractivity contribution is 0.233. The van der Waals surface area contributed by atoms with Crippen LogP contribution >= 0.6 is 0 Å². The van der Waals surface area contributed by atoms with Crippen molar-refractivity contribution in [3.8, 4) is 11.3 Å². The summed E-state index contributed by atoms with van der Waals surface area (Å²) < 4.78 is 5.51. The van der Waals surface area contributed by atoms with E-state index in [2.05, 4.69) is 22.0 Å². The van der Waals surface area contributed by atoms with Gasteiger partial charge in [-0.1, -0.05) is 42.4 Å². The predicted molar refractivity (Wildman–Crippen MR) is 95.8 cm³/mol. The molecule has 128 valence electrons. The average molecular weight is 334 g/mol. The Morgan fingerprint density at radius 3 is 2.92 bits per heavy atom. The number of fused-ring (bicyclic) bond motifs is 1. The van der Waals surface area contributed by atoms with Gasteiger partial charge in [0.25, 0.3) is 0 Å². The van der Waals surface area contributed by atoms with E-state index in [-0.39, 0.29) is 0 Å². The molecule has 0 spiro atoms. The molecule has 2 aromatic heterocycles. The van der Waals surface area contributed by atoms with Gasteiger partial charge in [0.15, 0.2) is 5.76 Å². The number of benzene rings is 1. The van der Waals surface area contributed by atoms with Gasteiger partial charge in [-0.05, 0) is 18.4 Å². The van der Waals surface area contributed by atoms with Crippen molar-refractivity contribution in [3.05, 3.63) is 65.4 Å². The minimum Gasteiger partial charge on any atom is -0.356 e. The van der Waals surface area contributed by atoms with E-state index in [1.54, 1.807) is 0 Å². The zero-order valence-corrected chi connectivity index (χ0v) is 14.5. The average Bonchev–Trinajstić information content (AvgIpc) is 3.11. The maximum atomic E-state index is 5.51. The number of aromatic nitrogens is 3. The standard InChI is InChI=1S/C20H22N4O/c1-2-6-20-21-12-16-9-10-24(14-18(16)22-20)13-17-11-19(25-23-17)15-7-4-3-5-8-15/h3-5,7-8,11-12H,2,6,9-10,13-14H2,1H3. The van der Waals surface area contributed by atoms with Gasteiger partial charge in [-0.3, -0.25) is 4.90 Å². The lowest BCUT2D eigenvalue weighted by Crippen LogP contribution is -2.31. The minimum absolute atomic E-state index is 0.781. The first-order chi connectivity index (χ1) is 12.3. The molecule has 1 aliphatic rings. The summed E-state index contributed by atoms with van der Waals surface area (Å²) in [6, 6.07) is 12.1. The first kappa shape index (κ1) is 16.0. The maximum Gasteiger partial charge on any atom is 0.167 e. The Bertz CT molecular complexity index is 844. The first-order valence-electron chi connectivity index (χ1n) is 8.89. The van der Waals surface area contributed by atoms with Gasteiger partial charge >= 0.3 is 0 Å². The Morgan fingerprint density at radius 1 is 1.20 bits per heavy atom. The summed E-state index contributed by atoms with van der Waals surface area (Å²) in [6.07, 6.45) is 5.01.